The number of piperidine rings is 1. The Morgan fingerprint density at radius 3 is 2.37 bits per heavy atom. The Morgan fingerprint density at radius 1 is 1.21 bits per heavy atom. The summed E-state index contributed by atoms with van der Waals surface area (Å²) < 4.78 is 7.13. The number of rotatable bonds is 3. The molecule has 1 amide bonds. The number of hydrogen-bond acceptors (Lipinski definition) is 3. The maximum Gasteiger partial charge on any atom is 0.260 e. The van der Waals surface area contributed by atoms with E-state index in [2.05, 4.69) is 31.9 Å². The summed E-state index contributed by atoms with van der Waals surface area (Å²) in [5.41, 5.74) is 0. The molecule has 0 radical (unpaired) electrons. The van der Waals surface area contributed by atoms with Crippen molar-refractivity contribution in [1.82, 2.24) is 4.90 Å². The second kappa shape index (κ2) is 6.52. The van der Waals surface area contributed by atoms with Crippen LogP contribution in [0.4, 0.5) is 0 Å². The molecule has 0 bridgehead atoms. The molecule has 0 aliphatic carbocycles. The van der Waals surface area contributed by atoms with Crippen molar-refractivity contribution in [2.24, 2.45) is 0 Å². The normalized spacial score (nSPS) is 15.5. The van der Waals surface area contributed by atoms with Gasteiger partial charge >= 0.3 is 0 Å². The van der Waals surface area contributed by atoms with Crippen molar-refractivity contribution in [2.45, 2.75) is 12.8 Å². The van der Waals surface area contributed by atoms with Gasteiger partial charge in [-0.3, -0.25) is 9.59 Å². The third kappa shape index (κ3) is 3.79. The fraction of sp³-hybridized carbons (Fsp3) is 0.385. The number of carbonyl (C=O) groups excluding carboxylic acids is 2. The van der Waals surface area contributed by atoms with Gasteiger partial charge in [0.1, 0.15) is 11.5 Å². The van der Waals surface area contributed by atoms with Gasteiger partial charge in [0.25, 0.3) is 5.91 Å². The van der Waals surface area contributed by atoms with Crippen LogP contribution >= 0.6 is 31.9 Å². The number of nitrogens with zero attached hydrogens (tertiary/aromatic N) is 1. The lowest BCUT2D eigenvalue weighted by Gasteiger charge is -2.26. The zero-order valence-corrected chi connectivity index (χ0v) is 13.4. The van der Waals surface area contributed by atoms with Crippen molar-refractivity contribution in [3.05, 3.63) is 27.1 Å². The Hall–Kier alpha value is -0.880. The van der Waals surface area contributed by atoms with Gasteiger partial charge in [-0.2, -0.15) is 0 Å². The number of ketones is 1. The third-order valence-electron chi connectivity index (χ3n) is 2.93. The minimum absolute atomic E-state index is 0.0184. The van der Waals surface area contributed by atoms with Gasteiger partial charge in [0, 0.05) is 25.9 Å². The van der Waals surface area contributed by atoms with Gasteiger partial charge in [0.2, 0.25) is 0 Å². The Balaban J connectivity index is 1.92. The fourth-order valence-electron chi connectivity index (χ4n) is 1.85. The summed E-state index contributed by atoms with van der Waals surface area (Å²) in [6.45, 7) is 0.978. The SMILES string of the molecule is O=C1CCN(C(=O)COc2c(Br)cccc2Br)CC1. The van der Waals surface area contributed by atoms with Crippen LogP contribution in [-0.4, -0.2) is 36.3 Å². The van der Waals surface area contributed by atoms with E-state index in [-0.39, 0.29) is 18.3 Å². The maximum absolute atomic E-state index is 12.0. The van der Waals surface area contributed by atoms with Crippen LogP contribution in [0, 0.1) is 0 Å². The van der Waals surface area contributed by atoms with E-state index in [1.807, 2.05) is 18.2 Å². The van der Waals surface area contributed by atoms with E-state index in [1.165, 1.54) is 0 Å². The van der Waals surface area contributed by atoms with E-state index in [0.717, 1.165) is 8.95 Å². The summed E-state index contributed by atoms with van der Waals surface area (Å²) in [4.78, 5) is 24.8. The molecule has 0 N–H and O–H groups in total. The van der Waals surface area contributed by atoms with Gasteiger partial charge in [0.15, 0.2) is 6.61 Å². The summed E-state index contributed by atoms with van der Waals surface area (Å²) in [6, 6.07) is 5.58. The highest BCUT2D eigenvalue weighted by Crippen LogP contribution is 2.32. The Bertz CT molecular complexity index is 474. The molecule has 1 fully saturated rings. The first-order valence-electron chi connectivity index (χ1n) is 5.94. The molecule has 1 heterocycles. The molecule has 1 aromatic rings. The molecule has 0 atom stereocenters. The van der Waals surface area contributed by atoms with E-state index in [9.17, 15) is 9.59 Å². The first-order chi connectivity index (χ1) is 9.08. The van der Waals surface area contributed by atoms with Crippen molar-refractivity contribution in [2.75, 3.05) is 19.7 Å². The second-order valence-corrected chi connectivity index (χ2v) is 5.97. The van der Waals surface area contributed by atoms with Crippen LogP contribution in [0.5, 0.6) is 5.75 Å². The molecule has 102 valence electrons. The molecule has 6 heteroatoms. The summed E-state index contributed by atoms with van der Waals surface area (Å²) >= 11 is 6.75. The highest BCUT2D eigenvalue weighted by Gasteiger charge is 2.21. The van der Waals surface area contributed by atoms with E-state index in [0.29, 0.717) is 31.7 Å². The third-order valence-corrected chi connectivity index (χ3v) is 4.18. The van der Waals surface area contributed by atoms with Crippen LogP contribution in [-0.2, 0) is 9.59 Å². The first-order valence-corrected chi connectivity index (χ1v) is 7.53. The molecule has 0 spiro atoms. The number of para-hydroxylation sites is 1. The fourth-order valence-corrected chi connectivity index (χ4v) is 3.08. The van der Waals surface area contributed by atoms with Crippen LogP contribution in [0.15, 0.2) is 27.1 Å². The number of benzene rings is 1. The largest absolute Gasteiger partial charge is 0.481 e. The Labute approximate surface area is 128 Å². The molecule has 1 aromatic carbocycles. The smallest absolute Gasteiger partial charge is 0.260 e. The number of halogens is 2. The molecular weight excluding hydrogens is 378 g/mol. The van der Waals surface area contributed by atoms with E-state index in [4.69, 9.17) is 4.74 Å². The van der Waals surface area contributed by atoms with Crippen molar-refractivity contribution in [3.8, 4) is 5.75 Å². The maximum atomic E-state index is 12.0. The molecule has 0 saturated carbocycles. The predicted molar refractivity (Wildman–Crippen MR) is 78.2 cm³/mol. The zero-order valence-electron chi connectivity index (χ0n) is 10.2. The van der Waals surface area contributed by atoms with Gasteiger partial charge in [-0.15, -0.1) is 0 Å². The number of hydrogen-bond donors (Lipinski definition) is 0. The van der Waals surface area contributed by atoms with Crippen LogP contribution in [0.25, 0.3) is 0 Å². The van der Waals surface area contributed by atoms with Gasteiger partial charge < -0.3 is 9.64 Å². The molecule has 1 aliphatic rings. The van der Waals surface area contributed by atoms with E-state index in [1.54, 1.807) is 4.90 Å². The number of amides is 1. The van der Waals surface area contributed by atoms with Crippen molar-refractivity contribution >= 4 is 43.6 Å². The number of Topliss-reactive ketones (excluding diaryl/α,β-unsaturated/α-hetero) is 1. The molecule has 0 aromatic heterocycles. The molecule has 1 saturated heterocycles. The minimum atomic E-state index is -0.0878. The topological polar surface area (TPSA) is 46.6 Å². The van der Waals surface area contributed by atoms with Gasteiger partial charge in [-0.25, -0.2) is 0 Å². The van der Waals surface area contributed by atoms with Crippen LogP contribution in [0.2, 0.25) is 0 Å². The standard InChI is InChI=1S/C13H13Br2NO3/c14-10-2-1-3-11(15)13(10)19-8-12(18)16-6-4-9(17)5-7-16/h1-3H,4-8H2. The van der Waals surface area contributed by atoms with Crippen LogP contribution in [0.3, 0.4) is 0 Å². The molecule has 4 nitrogen and oxygen atoms in total. The minimum Gasteiger partial charge on any atom is -0.481 e. The number of likely N-dealkylation sites (tertiary alicyclic amines) is 1. The number of ether oxygens (including phenoxy) is 1. The van der Waals surface area contributed by atoms with Crippen molar-refractivity contribution < 1.29 is 14.3 Å². The monoisotopic (exact) mass is 389 g/mol. The summed E-state index contributed by atoms with van der Waals surface area (Å²) in [7, 11) is 0. The Kier molecular flexibility index (Phi) is 4.99. The molecule has 2 rings (SSSR count). The van der Waals surface area contributed by atoms with E-state index < -0.39 is 0 Å². The lowest BCUT2D eigenvalue weighted by molar-refractivity contribution is -0.136. The highest BCUT2D eigenvalue weighted by molar-refractivity contribution is 9.11. The van der Waals surface area contributed by atoms with Crippen LogP contribution < -0.4 is 4.74 Å². The van der Waals surface area contributed by atoms with Crippen LogP contribution in [0.1, 0.15) is 12.8 Å². The average Bonchev–Trinajstić information content (AvgIpc) is 2.38. The molecular formula is C13H13Br2NO3. The lowest BCUT2D eigenvalue weighted by Crippen LogP contribution is -2.41. The average molecular weight is 391 g/mol. The molecule has 0 unspecified atom stereocenters. The zero-order chi connectivity index (χ0) is 13.8. The summed E-state index contributed by atoms with van der Waals surface area (Å²) in [6.07, 6.45) is 0.898. The molecule has 1 aliphatic heterocycles. The summed E-state index contributed by atoms with van der Waals surface area (Å²) in [5.74, 6) is 0.748. The lowest BCUT2D eigenvalue weighted by atomic mass is 10.1. The van der Waals surface area contributed by atoms with E-state index >= 15 is 0 Å². The van der Waals surface area contributed by atoms with Gasteiger partial charge in [0.05, 0.1) is 8.95 Å². The Morgan fingerprint density at radius 2 is 1.79 bits per heavy atom. The van der Waals surface area contributed by atoms with Gasteiger partial charge in [-0.05, 0) is 44.0 Å². The molecule has 19 heavy (non-hydrogen) atoms. The quantitative estimate of drug-likeness (QED) is 0.797. The van der Waals surface area contributed by atoms with Crippen molar-refractivity contribution in [1.29, 1.82) is 0 Å². The van der Waals surface area contributed by atoms with Crippen molar-refractivity contribution in [3.63, 3.8) is 0 Å². The second-order valence-electron chi connectivity index (χ2n) is 4.26. The van der Waals surface area contributed by atoms with Gasteiger partial charge in [-0.1, -0.05) is 6.07 Å². The first kappa shape index (κ1) is 14.5. The number of carbonyl (C=O) groups is 2. The predicted octanol–water partition coefficient (Wildman–Crippen LogP) is 2.78. The highest BCUT2D eigenvalue weighted by atomic mass is 79.9. The summed E-state index contributed by atoms with van der Waals surface area (Å²) in [5, 5.41) is 0.